The largest absolute Gasteiger partial charge is 0.468 e. The van der Waals surface area contributed by atoms with E-state index in [-0.39, 0.29) is 0 Å². The van der Waals surface area contributed by atoms with Crippen molar-refractivity contribution in [3.8, 4) is 0 Å². The zero-order chi connectivity index (χ0) is 14.1. The molecular weight excluding hydrogens is 254 g/mol. The molecule has 0 radical (unpaired) electrons. The average Bonchev–Trinajstić information content (AvgIpc) is 2.89. The predicted octanol–water partition coefficient (Wildman–Crippen LogP) is 1.76. The van der Waals surface area contributed by atoms with Crippen molar-refractivity contribution in [1.29, 1.82) is 0 Å². The Morgan fingerprint density at radius 1 is 1.45 bits per heavy atom. The number of ether oxygens (including phenoxy) is 1. The summed E-state index contributed by atoms with van der Waals surface area (Å²) >= 11 is 0. The van der Waals surface area contributed by atoms with Gasteiger partial charge in [-0.1, -0.05) is 18.2 Å². The molecule has 1 atom stereocenters. The number of fused-ring (bicyclic) bond motifs is 3. The fourth-order valence-electron chi connectivity index (χ4n) is 2.42. The van der Waals surface area contributed by atoms with E-state index in [0.717, 1.165) is 27.4 Å². The number of pyridine rings is 1. The van der Waals surface area contributed by atoms with Gasteiger partial charge in [-0.3, -0.25) is 9.78 Å². The van der Waals surface area contributed by atoms with Crippen molar-refractivity contribution < 1.29 is 9.53 Å². The number of nitrogens with zero attached hydrogens (tertiary/aromatic N) is 1. The number of hydrogen-bond donors (Lipinski definition) is 2. The van der Waals surface area contributed by atoms with Crippen molar-refractivity contribution in [2.75, 3.05) is 7.11 Å². The maximum atomic E-state index is 11.4. The van der Waals surface area contributed by atoms with E-state index in [9.17, 15) is 4.79 Å². The Labute approximate surface area is 115 Å². The number of H-pyrrole nitrogens is 1. The molecule has 3 rings (SSSR count). The summed E-state index contributed by atoms with van der Waals surface area (Å²) in [6.07, 6.45) is 4.06. The first kappa shape index (κ1) is 12.6. The average molecular weight is 269 g/mol. The number of nitrogens with one attached hydrogen (secondary N) is 1. The lowest BCUT2D eigenvalue weighted by Gasteiger charge is -2.08. The lowest BCUT2D eigenvalue weighted by Crippen LogP contribution is -2.33. The van der Waals surface area contributed by atoms with Gasteiger partial charge in [0.1, 0.15) is 6.04 Å². The van der Waals surface area contributed by atoms with E-state index in [1.54, 1.807) is 6.20 Å². The fourth-order valence-corrected chi connectivity index (χ4v) is 2.42. The maximum Gasteiger partial charge on any atom is 0.322 e. The lowest BCUT2D eigenvalue weighted by molar-refractivity contribution is -0.142. The van der Waals surface area contributed by atoms with Gasteiger partial charge in [-0.15, -0.1) is 0 Å². The predicted molar refractivity (Wildman–Crippen MR) is 77.3 cm³/mol. The van der Waals surface area contributed by atoms with E-state index in [0.29, 0.717) is 6.42 Å². The molecule has 0 aliphatic rings. The molecule has 0 bridgehead atoms. The zero-order valence-electron chi connectivity index (χ0n) is 11.1. The van der Waals surface area contributed by atoms with Crippen LogP contribution in [0, 0.1) is 0 Å². The van der Waals surface area contributed by atoms with Crippen molar-refractivity contribution in [3.63, 3.8) is 0 Å². The molecular formula is C15H15N3O2. The molecule has 5 heteroatoms. The van der Waals surface area contributed by atoms with Crippen LogP contribution in [-0.2, 0) is 16.0 Å². The van der Waals surface area contributed by atoms with Gasteiger partial charge in [-0.2, -0.15) is 0 Å². The zero-order valence-corrected chi connectivity index (χ0v) is 11.1. The van der Waals surface area contributed by atoms with Crippen LogP contribution in [0.2, 0.25) is 0 Å². The summed E-state index contributed by atoms with van der Waals surface area (Å²) in [6, 6.07) is 7.36. The Kier molecular flexibility index (Phi) is 3.12. The number of rotatable bonds is 3. The molecule has 5 nitrogen and oxygen atoms in total. The third kappa shape index (κ3) is 2.02. The van der Waals surface area contributed by atoms with E-state index in [1.807, 2.05) is 30.5 Å². The second-order valence-electron chi connectivity index (χ2n) is 4.71. The minimum absolute atomic E-state index is 0.410. The van der Waals surface area contributed by atoms with E-state index >= 15 is 0 Å². The van der Waals surface area contributed by atoms with E-state index in [1.165, 1.54) is 7.11 Å². The molecule has 0 aliphatic carbocycles. The highest BCUT2D eigenvalue weighted by molar-refractivity contribution is 6.04. The molecule has 2 heterocycles. The highest BCUT2D eigenvalue weighted by Crippen LogP contribution is 2.26. The summed E-state index contributed by atoms with van der Waals surface area (Å²) in [5.41, 5.74) is 8.66. The van der Waals surface area contributed by atoms with Crippen LogP contribution in [0.1, 0.15) is 5.56 Å². The van der Waals surface area contributed by atoms with Crippen LogP contribution in [-0.4, -0.2) is 29.1 Å². The van der Waals surface area contributed by atoms with Gasteiger partial charge in [0, 0.05) is 29.6 Å². The van der Waals surface area contributed by atoms with E-state index in [4.69, 9.17) is 5.73 Å². The Balaban J connectivity index is 2.06. The number of esters is 1. The third-order valence-electron chi connectivity index (χ3n) is 3.45. The third-order valence-corrected chi connectivity index (χ3v) is 3.45. The highest BCUT2D eigenvalue weighted by atomic mass is 16.5. The summed E-state index contributed by atoms with van der Waals surface area (Å²) < 4.78 is 4.65. The van der Waals surface area contributed by atoms with Gasteiger partial charge >= 0.3 is 5.97 Å². The van der Waals surface area contributed by atoms with Gasteiger partial charge in [0.05, 0.1) is 18.1 Å². The molecule has 0 spiro atoms. The topological polar surface area (TPSA) is 81.0 Å². The second-order valence-corrected chi connectivity index (χ2v) is 4.71. The fraction of sp³-hybridized carbons (Fsp3) is 0.200. The van der Waals surface area contributed by atoms with Gasteiger partial charge in [0.25, 0.3) is 0 Å². The number of methoxy groups -OCH3 is 1. The molecule has 20 heavy (non-hydrogen) atoms. The summed E-state index contributed by atoms with van der Waals surface area (Å²) in [7, 11) is 1.34. The molecule has 0 saturated carbocycles. The Morgan fingerprint density at radius 3 is 3.10 bits per heavy atom. The summed E-state index contributed by atoms with van der Waals surface area (Å²) in [5.74, 6) is -0.410. The Bertz CT molecular complexity index is 779. The number of aromatic amines is 1. The molecule has 0 aliphatic heterocycles. The summed E-state index contributed by atoms with van der Waals surface area (Å²) in [5, 5.41) is 2.11. The van der Waals surface area contributed by atoms with Crippen molar-refractivity contribution in [2.24, 2.45) is 5.73 Å². The number of carbonyl (C=O) groups excluding carboxylic acids is 1. The van der Waals surface area contributed by atoms with Crippen LogP contribution in [0.25, 0.3) is 21.8 Å². The molecule has 1 aromatic carbocycles. The number of carbonyl (C=O) groups is 1. The van der Waals surface area contributed by atoms with Crippen LogP contribution >= 0.6 is 0 Å². The van der Waals surface area contributed by atoms with Crippen LogP contribution in [0.4, 0.5) is 0 Å². The first-order chi connectivity index (χ1) is 9.70. The Hall–Kier alpha value is -2.40. The van der Waals surface area contributed by atoms with Crippen molar-refractivity contribution >= 4 is 27.8 Å². The smallest absolute Gasteiger partial charge is 0.322 e. The molecule has 0 amide bonds. The molecule has 3 N–H and O–H groups in total. The normalized spacial score (nSPS) is 12.7. The van der Waals surface area contributed by atoms with E-state index < -0.39 is 12.0 Å². The Morgan fingerprint density at radius 2 is 2.30 bits per heavy atom. The molecule has 0 saturated heterocycles. The molecule has 3 aromatic rings. The molecule has 1 unspecified atom stereocenters. The standard InChI is InChI=1S/C15H15N3O2/c1-20-15(19)12(16)7-10-8-18-14-11(10)5-4-9-3-2-6-17-13(9)14/h2-6,8,12,17H,7,16H2,1H3. The van der Waals surface area contributed by atoms with E-state index in [2.05, 4.69) is 14.7 Å². The minimum atomic E-state index is -0.664. The molecule has 102 valence electrons. The van der Waals surface area contributed by atoms with Gasteiger partial charge in [-0.25, -0.2) is 0 Å². The van der Waals surface area contributed by atoms with Gasteiger partial charge in [0.15, 0.2) is 0 Å². The first-order valence-corrected chi connectivity index (χ1v) is 6.38. The highest BCUT2D eigenvalue weighted by Gasteiger charge is 2.17. The lowest BCUT2D eigenvalue weighted by atomic mass is 10.0. The summed E-state index contributed by atoms with van der Waals surface area (Å²) in [4.78, 5) is 19.1. The molecule has 0 fully saturated rings. The summed E-state index contributed by atoms with van der Waals surface area (Å²) in [6.45, 7) is 0. The number of hydrogen-bond acceptors (Lipinski definition) is 4. The number of nitrogens with two attached hydrogens (primary N) is 1. The number of aromatic nitrogens is 2. The maximum absolute atomic E-state index is 11.4. The molecule has 2 aromatic heterocycles. The first-order valence-electron chi connectivity index (χ1n) is 6.38. The monoisotopic (exact) mass is 269 g/mol. The van der Waals surface area contributed by atoms with Crippen LogP contribution in [0.3, 0.4) is 0 Å². The van der Waals surface area contributed by atoms with Gasteiger partial charge in [-0.05, 0) is 11.6 Å². The van der Waals surface area contributed by atoms with Crippen LogP contribution < -0.4 is 5.73 Å². The van der Waals surface area contributed by atoms with Crippen LogP contribution in [0.15, 0.2) is 36.7 Å². The van der Waals surface area contributed by atoms with Crippen molar-refractivity contribution in [2.45, 2.75) is 12.5 Å². The van der Waals surface area contributed by atoms with Crippen LogP contribution in [0.5, 0.6) is 0 Å². The SMILES string of the molecule is COC(=O)C(N)Cc1cnc2c1ccc1ccc[nH]c12. The number of benzene rings is 1. The second kappa shape index (κ2) is 4.94. The van der Waals surface area contributed by atoms with Gasteiger partial charge < -0.3 is 15.5 Å². The van der Waals surface area contributed by atoms with Gasteiger partial charge in [0.2, 0.25) is 0 Å². The quantitative estimate of drug-likeness (QED) is 0.710. The van der Waals surface area contributed by atoms with Crippen molar-refractivity contribution in [1.82, 2.24) is 9.97 Å². The van der Waals surface area contributed by atoms with Crippen molar-refractivity contribution in [3.05, 3.63) is 42.2 Å². The minimum Gasteiger partial charge on any atom is -0.468 e.